The van der Waals surface area contributed by atoms with Gasteiger partial charge in [-0.05, 0) is 44.7 Å². The third kappa shape index (κ3) is 3.28. The van der Waals surface area contributed by atoms with E-state index in [4.69, 9.17) is 0 Å². The maximum absolute atomic E-state index is 12.9. The molecule has 3 fully saturated rings. The molecule has 2 saturated heterocycles. The molecule has 3 aliphatic rings. The van der Waals surface area contributed by atoms with Crippen LogP contribution < -0.4 is 0 Å². The van der Waals surface area contributed by atoms with Gasteiger partial charge in [0.2, 0.25) is 0 Å². The first-order valence-corrected chi connectivity index (χ1v) is 10.9. The van der Waals surface area contributed by atoms with Crippen LogP contribution in [0.3, 0.4) is 0 Å². The Bertz CT molecular complexity index is 783. The zero-order valence-electron chi connectivity index (χ0n) is 14.8. The molecular weight excluding hydrogens is 367 g/mol. The summed E-state index contributed by atoms with van der Waals surface area (Å²) in [5.41, 5.74) is -0.178. The van der Waals surface area contributed by atoms with Crippen molar-refractivity contribution in [2.24, 2.45) is 12.5 Å². The molecule has 2 aliphatic heterocycles. The second-order valence-electron chi connectivity index (χ2n) is 8.33. The van der Waals surface area contributed by atoms with Gasteiger partial charge in [-0.3, -0.25) is 9.58 Å². The number of aryl methyl sites for hydroxylation is 1. The third-order valence-electron chi connectivity index (χ3n) is 6.36. The predicted molar refractivity (Wildman–Crippen MR) is 90.5 cm³/mol. The largest absolute Gasteiger partial charge is 0.435 e. The van der Waals surface area contributed by atoms with Crippen molar-refractivity contribution in [1.29, 1.82) is 0 Å². The maximum atomic E-state index is 12.9. The van der Waals surface area contributed by atoms with Gasteiger partial charge < -0.3 is 0 Å². The molecule has 146 valence electrons. The van der Waals surface area contributed by atoms with Crippen molar-refractivity contribution in [2.75, 3.05) is 24.6 Å². The van der Waals surface area contributed by atoms with Crippen LogP contribution in [0.4, 0.5) is 13.2 Å². The highest BCUT2D eigenvalue weighted by atomic mass is 32.2. The molecular formula is C17H24F3N3O2S. The Kier molecular flexibility index (Phi) is 4.19. The first kappa shape index (κ1) is 18.3. The Balaban J connectivity index is 1.36. The van der Waals surface area contributed by atoms with Crippen LogP contribution in [-0.2, 0) is 23.1 Å². The zero-order valence-corrected chi connectivity index (χ0v) is 15.6. The minimum atomic E-state index is -4.40. The van der Waals surface area contributed by atoms with E-state index >= 15 is 0 Å². The Labute approximate surface area is 151 Å². The molecule has 26 heavy (non-hydrogen) atoms. The fraction of sp³-hybridized carbons (Fsp3) is 0.824. The van der Waals surface area contributed by atoms with Crippen molar-refractivity contribution in [3.05, 3.63) is 17.5 Å². The topological polar surface area (TPSA) is 55.2 Å². The van der Waals surface area contributed by atoms with Gasteiger partial charge in [-0.2, -0.15) is 18.3 Å². The third-order valence-corrected chi connectivity index (χ3v) is 8.46. The van der Waals surface area contributed by atoms with Crippen LogP contribution in [0.2, 0.25) is 0 Å². The number of hydrogen-bond donors (Lipinski definition) is 0. The number of halogens is 3. The summed E-state index contributed by atoms with van der Waals surface area (Å²) < 4.78 is 63.0. The Morgan fingerprint density at radius 1 is 1.19 bits per heavy atom. The summed E-state index contributed by atoms with van der Waals surface area (Å²) in [4.78, 5) is 2.41. The van der Waals surface area contributed by atoms with E-state index in [2.05, 4.69) is 10.00 Å². The lowest BCUT2D eigenvalue weighted by Crippen LogP contribution is -2.51. The van der Waals surface area contributed by atoms with Crippen molar-refractivity contribution >= 4 is 9.84 Å². The molecule has 0 unspecified atom stereocenters. The van der Waals surface area contributed by atoms with Crippen molar-refractivity contribution < 1.29 is 21.6 Å². The van der Waals surface area contributed by atoms with E-state index < -0.39 is 21.7 Å². The molecule has 0 bridgehead atoms. The summed E-state index contributed by atoms with van der Waals surface area (Å²) in [5, 5.41) is 3.63. The predicted octanol–water partition coefficient (Wildman–Crippen LogP) is 2.59. The van der Waals surface area contributed by atoms with E-state index in [1.54, 1.807) is 7.05 Å². The zero-order chi connectivity index (χ0) is 18.7. The monoisotopic (exact) mass is 391 g/mol. The van der Waals surface area contributed by atoms with E-state index in [1.807, 2.05) is 0 Å². The van der Waals surface area contributed by atoms with E-state index in [0.717, 1.165) is 45.2 Å². The van der Waals surface area contributed by atoms with Crippen molar-refractivity contribution in [1.82, 2.24) is 14.7 Å². The summed E-state index contributed by atoms with van der Waals surface area (Å²) in [7, 11) is -1.23. The summed E-state index contributed by atoms with van der Waals surface area (Å²) in [5.74, 6) is 0.753. The smallest absolute Gasteiger partial charge is 0.300 e. The molecule has 0 aromatic carbocycles. The first-order chi connectivity index (χ1) is 12.1. The minimum Gasteiger partial charge on any atom is -0.300 e. The van der Waals surface area contributed by atoms with Crippen LogP contribution in [-0.4, -0.2) is 53.7 Å². The molecule has 1 aromatic heterocycles. The van der Waals surface area contributed by atoms with Gasteiger partial charge in [0.1, 0.15) is 0 Å². The van der Waals surface area contributed by atoms with Crippen LogP contribution in [0.5, 0.6) is 0 Å². The molecule has 0 atom stereocenters. The molecule has 5 nitrogen and oxygen atoms in total. The van der Waals surface area contributed by atoms with Crippen molar-refractivity contribution in [3.63, 3.8) is 0 Å². The number of aromatic nitrogens is 2. The van der Waals surface area contributed by atoms with Gasteiger partial charge in [0.05, 0.1) is 11.5 Å². The second kappa shape index (κ2) is 5.95. The van der Waals surface area contributed by atoms with Crippen LogP contribution in [0.15, 0.2) is 6.07 Å². The average molecular weight is 391 g/mol. The van der Waals surface area contributed by atoms with Crippen LogP contribution in [0.1, 0.15) is 49.4 Å². The summed E-state index contributed by atoms with van der Waals surface area (Å²) in [6.07, 6.45) is 0.135. The summed E-state index contributed by atoms with van der Waals surface area (Å²) in [6.45, 7) is 1.79. The fourth-order valence-electron chi connectivity index (χ4n) is 5.15. The quantitative estimate of drug-likeness (QED) is 0.778. The van der Waals surface area contributed by atoms with Gasteiger partial charge in [0.25, 0.3) is 0 Å². The van der Waals surface area contributed by atoms with Gasteiger partial charge in [-0.1, -0.05) is 0 Å². The van der Waals surface area contributed by atoms with Gasteiger partial charge in [-0.15, -0.1) is 0 Å². The molecule has 0 amide bonds. The molecule has 1 aliphatic carbocycles. The highest BCUT2D eigenvalue weighted by molar-refractivity contribution is 7.92. The van der Waals surface area contributed by atoms with E-state index in [1.165, 1.54) is 10.7 Å². The van der Waals surface area contributed by atoms with Gasteiger partial charge >= 0.3 is 6.18 Å². The Morgan fingerprint density at radius 2 is 1.85 bits per heavy atom. The first-order valence-electron chi connectivity index (χ1n) is 9.13. The molecule has 0 radical (unpaired) electrons. The highest BCUT2D eigenvalue weighted by Crippen LogP contribution is 2.44. The molecule has 9 heteroatoms. The molecule has 4 rings (SSSR count). The van der Waals surface area contributed by atoms with Gasteiger partial charge in [0, 0.05) is 36.7 Å². The van der Waals surface area contributed by atoms with E-state index in [-0.39, 0.29) is 11.3 Å². The van der Waals surface area contributed by atoms with Crippen LogP contribution in [0.25, 0.3) is 0 Å². The molecule has 1 spiro atoms. The van der Waals surface area contributed by atoms with Crippen LogP contribution >= 0.6 is 0 Å². The van der Waals surface area contributed by atoms with Gasteiger partial charge in [-0.25, -0.2) is 8.42 Å². The molecule has 1 aromatic rings. The number of sulfone groups is 1. The minimum absolute atomic E-state index is 0.0284. The number of likely N-dealkylation sites (tertiary alicyclic amines) is 1. The number of rotatable bonds is 2. The molecule has 0 N–H and O–H groups in total. The van der Waals surface area contributed by atoms with E-state index in [9.17, 15) is 21.6 Å². The number of hydrogen-bond acceptors (Lipinski definition) is 4. The Hall–Kier alpha value is -1.09. The lowest BCUT2D eigenvalue weighted by Gasteiger charge is -2.40. The molecule has 3 heterocycles. The van der Waals surface area contributed by atoms with Crippen LogP contribution in [0, 0.1) is 5.41 Å². The molecule has 1 saturated carbocycles. The van der Waals surface area contributed by atoms with Crippen molar-refractivity contribution in [2.45, 2.75) is 50.2 Å². The number of alkyl halides is 3. The lowest BCUT2D eigenvalue weighted by molar-refractivity contribution is -0.141. The van der Waals surface area contributed by atoms with Crippen molar-refractivity contribution in [3.8, 4) is 0 Å². The highest BCUT2D eigenvalue weighted by Gasteiger charge is 2.53. The standard InChI is InChI=1S/C17H24F3N3O2S/c1-22-14(8-15(21-22)17(18,19)20)12-2-4-13(5-3-12)23-7-6-16(9-23)10-26(24,25)11-16/h8,12-13H,2-7,9-11H2,1H3. The van der Waals surface area contributed by atoms with Gasteiger partial charge in [0.15, 0.2) is 15.5 Å². The maximum Gasteiger partial charge on any atom is 0.435 e. The summed E-state index contributed by atoms with van der Waals surface area (Å²) >= 11 is 0. The fourth-order valence-corrected chi connectivity index (χ4v) is 7.40. The number of nitrogens with zero attached hydrogens (tertiary/aromatic N) is 3. The summed E-state index contributed by atoms with van der Waals surface area (Å²) in [6, 6.07) is 1.61. The Morgan fingerprint density at radius 3 is 2.38 bits per heavy atom. The average Bonchev–Trinajstić information content (AvgIpc) is 3.10. The van der Waals surface area contributed by atoms with E-state index in [0.29, 0.717) is 23.2 Å². The second-order valence-corrected chi connectivity index (χ2v) is 10.4. The normalized spacial score (nSPS) is 31.2. The SMILES string of the molecule is Cn1nc(C(F)(F)F)cc1C1CCC(N2CCC3(C2)CS(=O)(=O)C3)CC1. The lowest BCUT2D eigenvalue weighted by atomic mass is 9.83.